The Labute approximate surface area is 189 Å². The topological polar surface area (TPSA) is 104 Å². The van der Waals surface area contributed by atoms with Crippen LogP contribution in [0.25, 0.3) is 22.2 Å². The van der Waals surface area contributed by atoms with E-state index in [0.29, 0.717) is 33.8 Å². The highest BCUT2D eigenvalue weighted by molar-refractivity contribution is 6.05. The minimum Gasteiger partial charge on any atom is -0.497 e. The van der Waals surface area contributed by atoms with Crippen LogP contribution in [-0.4, -0.2) is 30.5 Å². The molecule has 0 spiro atoms. The number of pyridine rings is 1. The van der Waals surface area contributed by atoms with E-state index in [0.717, 1.165) is 11.6 Å². The van der Waals surface area contributed by atoms with Crippen molar-refractivity contribution in [1.82, 2.24) is 4.98 Å². The number of fused-ring (bicyclic) bond motifs is 1. The summed E-state index contributed by atoms with van der Waals surface area (Å²) in [7, 11) is 1.59. The van der Waals surface area contributed by atoms with E-state index in [4.69, 9.17) is 15.2 Å². The summed E-state index contributed by atoms with van der Waals surface area (Å²) in [6, 6.07) is 19.5. The molecule has 0 saturated heterocycles. The van der Waals surface area contributed by atoms with E-state index in [-0.39, 0.29) is 12.2 Å². The SMILES string of the molecule is COc1ccc(-c2cc(OCC(N)=O)c3cc(NC(=O)c4cccc(F)c4)ccc3n2)cc1. The van der Waals surface area contributed by atoms with Crippen LogP contribution >= 0.6 is 0 Å². The second-order valence-corrected chi connectivity index (χ2v) is 7.19. The van der Waals surface area contributed by atoms with Crippen LogP contribution in [0.5, 0.6) is 11.5 Å². The molecule has 0 saturated carbocycles. The third-order valence-electron chi connectivity index (χ3n) is 4.87. The molecule has 0 unspecified atom stereocenters. The van der Waals surface area contributed by atoms with E-state index in [1.807, 2.05) is 24.3 Å². The molecule has 33 heavy (non-hydrogen) atoms. The first kappa shape index (κ1) is 21.8. The lowest BCUT2D eigenvalue weighted by Crippen LogP contribution is -2.20. The zero-order valence-electron chi connectivity index (χ0n) is 17.7. The number of amides is 2. The van der Waals surface area contributed by atoms with Crippen molar-refractivity contribution >= 4 is 28.4 Å². The number of ether oxygens (including phenoxy) is 2. The molecule has 0 radical (unpaired) electrons. The smallest absolute Gasteiger partial charge is 0.255 e. The van der Waals surface area contributed by atoms with Crippen molar-refractivity contribution < 1.29 is 23.5 Å². The highest BCUT2D eigenvalue weighted by Gasteiger charge is 2.13. The molecule has 2 amide bonds. The number of carbonyl (C=O) groups excluding carboxylic acids is 2. The maximum Gasteiger partial charge on any atom is 0.255 e. The second-order valence-electron chi connectivity index (χ2n) is 7.19. The van der Waals surface area contributed by atoms with Gasteiger partial charge in [0.25, 0.3) is 11.8 Å². The van der Waals surface area contributed by atoms with Gasteiger partial charge in [-0.25, -0.2) is 9.37 Å². The maximum absolute atomic E-state index is 13.4. The lowest BCUT2D eigenvalue weighted by molar-refractivity contribution is -0.119. The van der Waals surface area contributed by atoms with E-state index in [2.05, 4.69) is 10.3 Å². The van der Waals surface area contributed by atoms with Gasteiger partial charge in [0, 0.05) is 28.3 Å². The molecule has 3 aromatic carbocycles. The molecule has 0 aliphatic heterocycles. The molecular formula is C25H20FN3O4. The average molecular weight is 445 g/mol. The van der Waals surface area contributed by atoms with Gasteiger partial charge in [0.15, 0.2) is 6.61 Å². The highest BCUT2D eigenvalue weighted by Crippen LogP contribution is 2.32. The number of benzene rings is 3. The summed E-state index contributed by atoms with van der Waals surface area (Å²) in [5, 5.41) is 3.31. The summed E-state index contributed by atoms with van der Waals surface area (Å²) in [6.07, 6.45) is 0. The van der Waals surface area contributed by atoms with Crippen molar-refractivity contribution in [3.8, 4) is 22.8 Å². The molecule has 0 aliphatic rings. The Morgan fingerprint density at radius 3 is 2.52 bits per heavy atom. The molecule has 7 nitrogen and oxygen atoms in total. The van der Waals surface area contributed by atoms with Crippen LogP contribution in [0, 0.1) is 5.82 Å². The largest absolute Gasteiger partial charge is 0.497 e. The molecule has 3 N–H and O–H groups in total. The summed E-state index contributed by atoms with van der Waals surface area (Å²) >= 11 is 0. The summed E-state index contributed by atoms with van der Waals surface area (Å²) < 4.78 is 24.3. The fraction of sp³-hybridized carbons (Fsp3) is 0.0800. The van der Waals surface area contributed by atoms with Crippen molar-refractivity contribution in [1.29, 1.82) is 0 Å². The average Bonchev–Trinajstić information content (AvgIpc) is 2.82. The minimum absolute atomic E-state index is 0.188. The number of halogens is 1. The predicted molar refractivity (Wildman–Crippen MR) is 123 cm³/mol. The molecular weight excluding hydrogens is 425 g/mol. The van der Waals surface area contributed by atoms with Crippen LogP contribution in [0.15, 0.2) is 72.8 Å². The Kier molecular flexibility index (Phi) is 6.17. The molecule has 8 heteroatoms. The fourth-order valence-corrected chi connectivity index (χ4v) is 3.28. The lowest BCUT2D eigenvalue weighted by Gasteiger charge is -2.13. The number of nitrogens with one attached hydrogen (secondary N) is 1. The molecule has 166 valence electrons. The summed E-state index contributed by atoms with van der Waals surface area (Å²) in [5.74, 6) is -0.494. The monoisotopic (exact) mass is 445 g/mol. The normalized spacial score (nSPS) is 10.6. The van der Waals surface area contributed by atoms with Crippen molar-refractivity contribution in [2.24, 2.45) is 5.73 Å². The number of anilines is 1. The number of carbonyl (C=O) groups is 2. The fourth-order valence-electron chi connectivity index (χ4n) is 3.28. The zero-order chi connectivity index (χ0) is 23.4. The third-order valence-corrected chi connectivity index (χ3v) is 4.87. The van der Waals surface area contributed by atoms with Gasteiger partial charge in [0.2, 0.25) is 0 Å². The Hall–Kier alpha value is -4.46. The van der Waals surface area contributed by atoms with Crippen molar-refractivity contribution in [3.63, 3.8) is 0 Å². The van der Waals surface area contributed by atoms with Crippen molar-refractivity contribution in [2.75, 3.05) is 19.0 Å². The standard InChI is InChI=1S/C25H20FN3O4/c1-32-19-8-5-15(6-9-19)22-13-23(33-14-24(27)30)20-12-18(7-10-21(20)29-22)28-25(31)16-3-2-4-17(26)11-16/h2-13H,14H2,1H3,(H2,27,30)(H,28,31). The minimum atomic E-state index is -0.624. The molecule has 0 fully saturated rings. The quantitative estimate of drug-likeness (QED) is 0.445. The van der Waals surface area contributed by atoms with E-state index >= 15 is 0 Å². The van der Waals surface area contributed by atoms with Gasteiger partial charge in [-0.05, 0) is 60.7 Å². The molecule has 0 atom stereocenters. The molecule has 1 aromatic heterocycles. The van der Waals surface area contributed by atoms with E-state index in [9.17, 15) is 14.0 Å². The van der Waals surface area contributed by atoms with Crippen LogP contribution in [0.2, 0.25) is 0 Å². The first-order valence-corrected chi connectivity index (χ1v) is 10.00. The Morgan fingerprint density at radius 2 is 1.82 bits per heavy atom. The first-order chi connectivity index (χ1) is 15.9. The second kappa shape index (κ2) is 9.35. The van der Waals surface area contributed by atoms with Gasteiger partial charge < -0.3 is 20.5 Å². The number of rotatable bonds is 7. The number of primary amides is 1. The summed E-state index contributed by atoms with van der Waals surface area (Å²) in [5.41, 5.74) is 7.94. The first-order valence-electron chi connectivity index (χ1n) is 10.00. The van der Waals surface area contributed by atoms with Gasteiger partial charge in [-0.2, -0.15) is 0 Å². The van der Waals surface area contributed by atoms with Gasteiger partial charge in [0.1, 0.15) is 17.3 Å². The van der Waals surface area contributed by atoms with Gasteiger partial charge in [-0.3, -0.25) is 9.59 Å². The predicted octanol–water partition coefficient (Wildman–Crippen LogP) is 4.17. The summed E-state index contributed by atoms with van der Waals surface area (Å²) in [4.78, 5) is 28.5. The number of methoxy groups -OCH3 is 1. The number of aromatic nitrogens is 1. The number of hydrogen-bond acceptors (Lipinski definition) is 5. The number of hydrogen-bond donors (Lipinski definition) is 2. The van der Waals surface area contributed by atoms with Crippen LogP contribution in [0.4, 0.5) is 10.1 Å². The molecule has 4 rings (SSSR count). The van der Waals surface area contributed by atoms with Crippen LogP contribution < -0.4 is 20.5 Å². The van der Waals surface area contributed by atoms with Gasteiger partial charge in [-0.1, -0.05) is 6.07 Å². The molecule has 1 heterocycles. The summed E-state index contributed by atoms with van der Waals surface area (Å²) in [6.45, 7) is -0.318. The number of nitrogens with two attached hydrogens (primary N) is 1. The Balaban J connectivity index is 1.71. The zero-order valence-corrected chi connectivity index (χ0v) is 17.7. The van der Waals surface area contributed by atoms with Crippen LogP contribution in [0.1, 0.15) is 10.4 Å². The van der Waals surface area contributed by atoms with E-state index in [1.54, 1.807) is 31.4 Å². The van der Waals surface area contributed by atoms with Gasteiger partial charge in [-0.15, -0.1) is 0 Å². The van der Waals surface area contributed by atoms with Gasteiger partial charge in [0.05, 0.1) is 18.3 Å². The third kappa shape index (κ3) is 5.07. The van der Waals surface area contributed by atoms with Crippen molar-refractivity contribution in [3.05, 3.63) is 84.2 Å². The van der Waals surface area contributed by atoms with Crippen LogP contribution in [0.3, 0.4) is 0 Å². The molecule has 0 aliphatic carbocycles. The molecule has 4 aromatic rings. The highest BCUT2D eigenvalue weighted by atomic mass is 19.1. The van der Waals surface area contributed by atoms with Crippen LogP contribution in [-0.2, 0) is 4.79 Å². The van der Waals surface area contributed by atoms with E-state index < -0.39 is 17.6 Å². The van der Waals surface area contributed by atoms with E-state index in [1.165, 1.54) is 18.2 Å². The van der Waals surface area contributed by atoms with Gasteiger partial charge >= 0.3 is 0 Å². The maximum atomic E-state index is 13.4. The van der Waals surface area contributed by atoms with Crippen molar-refractivity contribution in [2.45, 2.75) is 0 Å². The Bertz CT molecular complexity index is 1340. The Morgan fingerprint density at radius 1 is 1.03 bits per heavy atom. The number of nitrogens with zero attached hydrogens (tertiary/aromatic N) is 1. The lowest BCUT2D eigenvalue weighted by atomic mass is 10.1. The molecule has 0 bridgehead atoms.